The summed E-state index contributed by atoms with van der Waals surface area (Å²) in [5, 5.41) is 2.36. The quantitative estimate of drug-likeness (QED) is 0.208. The van der Waals surface area contributed by atoms with Crippen LogP contribution in [0.25, 0.3) is 55.8 Å². The van der Waals surface area contributed by atoms with Crippen molar-refractivity contribution in [3.8, 4) is 68.0 Å². The fraction of sp³-hybridized carbons (Fsp3) is 0.0732. The van der Waals surface area contributed by atoms with E-state index in [9.17, 15) is 0 Å². The van der Waals surface area contributed by atoms with Gasteiger partial charge in [0, 0.05) is 22.1 Å². The van der Waals surface area contributed by atoms with Crippen LogP contribution in [-0.2, 0) is 5.41 Å². The largest absolute Gasteiger partial charge is 0.449 e. The van der Waals surface area contributed by atoms with Gasteiger partial charge in [0.2, 0.25) is 0 Å². The molecular formula is C41H28N2O2. The van der Waals surface area contributed by atoms with Gasteiger partial charge < -0.3 is 9.47 Å². The molecule has 1 aliphatic carbocycles. The Morgan fingerprint density at radius 3 is 2.07 bits per heavy atom. The molecule has 0 amide bonds. The van der Waals surface area contributed by atoms with Gasteiger partial charge in [-0.3, -0.25) is 0 Å². The first-order valence-electron chi connectivity index (χ1n) is 15.2. The number of ether oxygens (including phenoxy) is 2. The molecule has 0 radical (unpaired) electrons. The van der Waals surface area contributed by atoms with E-state index in [1.54, 1.807) is 0 Å². The monoisotopic (exact) mass is 580 g/mol. The van der Waals surface area contributed by atoms with Crippen LogP contribution in [0.15, 0.2) is 133 Å². The molecule has 6 aromatic carbocycles. The molecule has 2 heterocycles. The number of nitrogens with zero attached hydrogens (tertiary/aromatic N) is 2. The van der Waals surface area contributed by atoms with E-state index in [1.165, 1.54) is 27.5 Å². The highest BCUT2D eigenvalue weighted by Crippen LogP contribution is 2.59. The Hall–Kier alpha value is -5.74. The third-order valence-electron chi connectivity index (χ3n) is 9.15. The Morgan fingerprint density at radius 2 is 1.20 bits per heavy atom. The molecule has 0 atom stereocenters. The fourth-order valence-electron chi connectivity index (χ4n) is 6.84. The van der Waals surface area contributed by atoms with Crippen molar-refractivity contribution in [1.29, 1.82) is 0 Å². The highest BCUT2D eigenvalue weighted by atomic mass is 16.6. The van der Waals surface area contributed by atoms with E-state index in [1.807, 2.05) is 42.5 Å². The number of aromatic nitrogens is 2. The average molecular weight is 581 g/mol. The SMILES string of the molecule is CC1(C)c2ccccc2-c2c1ccc1c2Oc2c(cccc2-c2nc(-c3ccccc3)cc(-c3ccc4ccccc4c3)n2)O1. The lowest BCUT2D eigenvalue weighted by molar-refractivity contribution is 0.361. The van der Waals surface area contributed by atoms with Crippen LogP contribution in [0.5, 0.6) is 23.0 Å². The molecule has 2 aliphatic rings. The molecule has 214 valence electrons. The number of hydrogen-bond donors (Lipinski definition) is 0. The predicted molar refractivity (Wildman–Crippen MR) is 180 cm³/mol. The van der Waals surface area contributed by atoms with Crippen LogP contribution >= 0.6 is 0 Å². The van der Waals surface area contributed by atoms with Gasteiger partial charge in [-0.15, -0.1) is 0 Å². The third kappa shape index (κ3) is 3.99. The van der Waals surface area contributed by atoms with Gasteiger partial charge in [0.1, 0.15) is 0 Å². The normalized spacial score (nSPS) is 13.6. The summed E-state index contributed by atoms with van der Waals surface area (Å²) in [7, 11) is 0. The summed E-state index contributed by atoms with van der Waals surface area (Å²) in [5.74, 6) is 3.29. The number of hydrogen-bond acceptors (Lipinski definition) is 4. The van der Waals surface area contributed by atoms with Crippen LogP contribution in [0, 0.1) is 0 Å². The van der Waals surface area contributed by atoms with Crippen LogP contribution in [0.3, 0.4) is 0 Å². The molecule has 9 rings (SSSR count). The van der Waals surface area contributed by atoms with Crippen LogP contribution < -0.4 is 9.47 Å². The molecular weight excluding hydrogens is 552 g/mol. The predicted octanol–water partition coefficient (Wildman–Crippen LogP) is 10.8. The second-order valence-electron chi connectivity index (χ2n) is 12.2. The molecule has 1 aliphatic heterocycles. The van der Waals surface area contributed by atoms with Gasteiger partial charge in [0.05, 0.1) is 17.0 Å². The molecule has 4 heteroatoms. The van der Waals surface area contributed by atoms with Crippen molar-refractivity contribution < 1.29 is 9.47 Å². The average Bonchev–Trinajstić information content (AvgIpc) is 3.33. The number of benzene rings is 6. The number of para-hydroxylation sites is 1. The summed E-state index contributed by atoms with van der Waals surface area (Å²) in [6.45, 7) is 4.54. The Kier molecular flexibility index (Phi) is 5.51. The molecule has 0 bridgehead atoms. The third-order valence-corrected chi connectivity index (χ3v) is 9.15. The molecule has 0 fully saturated rings. The highest BCUT2D eigenvalue weighted by Gasteiger charge is 2.40. The second kappa shape index (κ2) is 9.63. The molecule has 0 saturated heterocycles. The van der Waals surface area contributed by atoms with Crippen LogP contribution in [0.4, 0.5) is 0 Å². The van der Waals surface area contributed by atoms with Crippen LogP contribution in [-0.4, -0.2) is 9.97 Å². The van der Waals surface area contributed by atoms with Gasteiger partial charge in [-0.25, -0.2) is 9.97 Å². The Labute approximate surface area is 261 Å². The first kappa shape index (κ1) is 25.7. The molecule has 0 spiro atoms. The van der Waals surface area contributed by atoms with Gasteiger partial charge in [0.25, 0.3) is 0 Å². The molecule has 0 saturated carbocycles. The molecule has 1 aromatic heterocycles. The maximum atomic E-state index is 6.90. The van der Waals surface area contributed by atoms with Gasteiger partial charge in [-0.05, 0) is 57.8 Å². The van der Waals surface area contributed by atoms with E-state index in [4.69, 9.17) is 19.4 Å². The molecule has 45 heavy (non-hydrogen) atoms. The molecule has 7 aromatic rings. The first-order chi connectivity index (χ1) is 22.0. The lowest BCUT2D eigenvalue weighted by Gasteiger charge is -2.26. The standard InChI is InChI=1S/C41H28N2O2/c1-41(2)31-17-9-8-15-29(31)37-32(41)21-22-36-39(37)45-38-30(16-10-18-35(38)44-36)40-42-33(26-12-4-3-5-13-26)24-34(43-40)28-20-19-25-11-6-7-14-27(25)23-28/h3-24H,1-2H3. The molecule has 0 unspecified atom stereocenters. The van der Waals surface area contributed by atoms with Gasteiger partial charge in [-0.1, -0.05) is 117 Å². The summed E-state index contributed by atoms with van der Waals surface area (Å²) in [5.41, 5.74) is 9.15. The van der Waals surface area contributed by atoms with Crippen molar-refractivity contribution in [2.45, 2.75) is 19.3 Å². The summed E-state index contributed by atoms with van der Waals surface area (Å²) < 4.78 is 13.4. The van der Waals surface area contributed by atoms with Crippen LogP contribution in [0.2, 0.25) is 0 Å². The van der Waals surface area contributed by atoms with E-state index in [0.29, 0.717) is 23.1 Å². The molecule has 0 N–H and O–H groups in total. The highest BCUT2D eigenvalue weighted by molar-refractivity contribution is 5.90. The van der Waals surface area contributed by atoms with Gasteiger partial charge >= 0.3 is 0 Å². The number of rotatable bonds is 3. The maximum Gasteiger partial charge on any atom is 0.181 e. The zero-order chi connectivity index (χ0) is 30.1. The summed E-state index contributed by atoms with van der Waals surface area (Å²) >= 11 is 0. The molecule has 4 nitrogen and oxygen atoms in total. The summed E-state index contributed by atoms with van der Waals surface area (Å²) in [6, 6.07) is 45.9. The Bertz CT molecular complexity index is 2310. The summed E-state index contributed by atoms with van der Waals surface area (Å²) in [6.07, 6.45) is 0. The second-order valence-corrected chi connectivity index (χ2v) is 12.2. The smallest absolute Gasteiger partial charge is 0.181 e. The van der Waals surface area contributed by atoms with Crippen molar-refractivity contribution in [3.05, 3.63) is 145 Å². The lowest BCUT2D eigenvalue weighted by atomic mass is 9.82. The minimum atomic E-state index is -0.147. The van der Waals surface area contributed by atoms with Gasteiger partial charge in [0.15, 0.2) is 28.8 Å². The van der Waals surface area contributed by atoms with Gasteiger partial charge in [-0.2, -0.15) is 0 Å². The van der Waals surface area contributed by atoms with E-state index < -0.39 is 0 Å². The Morgan fingerprint density at radius 1 is 0.489 bits per heavy atom. The van der Waals surface area contributed by atoms with Crippen molar-refractivity contribution in [1.82, 2.24) is 9.97 Å². The van der Waals surface area contributed by atoms with E-state index in [2.05, 4.69) is 105 Å². The lowest BCUT2D eigenvalue weighted by Crippen LogP contribution is -2.15. The maximum absolute atomic E-state index is 6.90. The minimum absolute atomic E-state index is 0.147. The topological polar surface area (TPSA) is 44.2 Å². The van der Waals surface area contributed by atoms with Crippen molar-refractivity contribution in [3.63, 3.8) is 0 Å². The Balaban J connectivity index is 1.23. The first-order valence-corrected chi connectivity index (χ1v) is 15.2. The van der Waals surface area contributed by atoms with E-state index in [-0.39, 0.29) is 5.41 Å². The van der Waals surface area contributed by atoms with Crippen LogP contribution in [0.1, 0.15) is 25.0 Å². The minimum Gasteiger partial charge on any atom is -0.449 e. The van der Waals surface area contributed by atoms with Crippen molar-refractivity contribution in [2.75, 3.05) is 0 Å². The zero-order valence-electron chi connectivity index (χ0n) is 24.9. The summed E-state index contributed by atoms with van der Waals surface area (Å²) in [4.78, 5) is 10.3. The zero-order valence-corrected chi connectivity index (χ0v) is 24.9. The van der Waals surface area contributed by atoms with E-state index in [0.717, 1.165) is 39.4 Å². The van der Waals surface area contributed by atoms with Crippen molar-refractivity contribution in [2.24, 2.45) is 0 Å². The number of fused-ring (bicyclic) bond motifs is 7. The van der Waals surface area contributed by atoms with E-state index >= 15 is 0 Å². The fourth-order valence-corrected chi connectivity index (χ4v) is 6.84. The van der Waals surface area contributed by atoms with Crippen molar-refractivity contribution >= 4 is 10.8 Å².